The Kier molecular flexibility index (Phi) is 3.86. The van der Waals surface area contributed by atoms with E-state index in [1.54, 1.807) is 6.07 Å². The zero-order valence-corrected chi connectivity index (χ0v) is 15.3. The van der Waals surface area contributed by atoms with Crippen LogP contribution in [-0.4, -0.2) is 56.6 Å². The van der Waals surface area contributed by atoms with E-state index in [1.165, 1.54) is 0 Å². The van der Waals surface area contributed by atoms with Gasteiger partial charge in [-0.3, -0.25) is 14.7 Å². The van der Waals surface area contributed by atoms with Crippen molar-refractivity contribution in [1.82, 2.24) is 25.2 Å². The molecule has 0 aliphatic carbocycles. The molecule has 4 heterocycles. The van der Waals surface area contributed by atoms with Gasteiger partial charge in [0.25, 0.3) is 5.91 Å². The number of amides is 2. The van der Waals surface area contributed by atoms with Crippen LogP contribution in [0.25, 0.3) is 0 Å². The molecule has 2 aliphatic heterocycles. The fourth-order valence-electron chi connectivity index (χ4n) is 4.12. The highest BCUT2D eigenvalue weighted by Gasteiger charge is 2.48. The quantitative estimate of drug-likeness (QED) is 0.900. The molecule has 8 nitrogen and oxygen atoms in total. The van der Waals surface area contributed by atoms with Crippen molar-refractivity contribution in [3.63, 3.8) is 0 Å². The number of aryl methyl sites for hydroxylation is 3. The molecule has 2 aliphatic rings. The van der Waals surface area contributed by atoms with E-state index in [4.69, 9.17) is 4.52 Å². The number of nitrogens with zero attached hydrogens (tertiary/aromatic N) is 4. The molecule has 1 unspecified atom stereocenters. The summed E-state index contributed by atoms with van der Waals surface area (Å²) in [6.45, 7) is 8.08. The highest BCUT2D eigenvalue weighted by Crippen LogP contribution is 2.41. The summed E-state index contributed by atoms with van der Waals surface area (Å²) in [5.74, 6) is 0.825. The first-order valence-corrected chi connectivity index (χ1v) is 8.88. The van der Waals surface area contributed by atoms with Crippen LogP contribution < -0.4 is 0 Å². The Morgan fingerprint density at radius 1 is 1.35 bits per heavy atom. The summed E-state index contributed by atoms with van der Waals surface area (Å²) in [5, 5.41) is 10.8. The number of H-pyrrole nitrogens is 1. The Morgan fingerprint density at radius 3 is 2.81 bits per heavy atom. The fraction of sp³-hybridized carbons (Fsp3) is 0.556. The molecule has 138 valence electrons. The minimum absolute atomic E-state index is 0.0668. The summed E-state index contributed by atoms with van der Waals surface area (Å²) < 4.78 is 5.21. The third-order valence-corrected chi connectivity index (χ3v) is 5.59. The molecule has 1 spiro atoms. The third kappa shape index (κ3) is 2.79. The Bertz CT molecular complexity index is 851. The minimum atomic E-state index is -0.156. The standard InChI is InChI=1S/C18H23N5O3/c1-11-6-15(20-19-11)17(25)22-5-4-18(9-22)7-16(24)23(10-18)8-14-12(2)21-26-13(14)3/h6H,4-5,7-10H2,1-3H3,(H,19,20). The number of aromatic nitrogens is 3. The van der Waals surface area contributed by atoms with Crippen molar-refractivity contribution >= 4 is 11.8 Å². The summed E-state index contributed by atoms with van der Waals surface area (Å²) in [4.78, 5) is 28.9. The van der Waals surface area contributed by atoms with Crippen LogP contribution in [0.3, 0.4) is 0 Å². The maximum Gasteiger partial charge on any atom is 0.274 e. The summed E-state index contributed by atoms with van der Waals surface area (Å²) >= 11 is 0. The van der Waals surface area contributed by atoms with E-state index in [2.05, 4.69) is 15.4 Å². The zero-order chi connectivity index (χ0) is 18.5. The first-order chi connectivity index (χ1) is 12.4. The zero-order valence-electron chi connectivity index (χ0n) is 15.3. The van der Waals surface area contributed by atoms with Crippen LogP contribution in [0, 0.1) is 26.2 Å². The lowest BCUT2D eigenvalue weighted by Crippen LogP contribution is -2.34. The van der Waals surface area contributed by atoms with Gasteiger partial charge in [0.2, 0.25) is 5.91 Å². The van der Waals surface area contributed by atoms with Crippen molar-refractivity contribution in [1.29, 1.82) is 0 Å². The van der Waals surface area contributed by atoms with Crippen LogP contribution in [0.1, 0.15) is 46.0 Å². The van der Waals surface area contributed by atoms with Gasteiger partial charge in [-0.25, -0.2) is 0 Å². The number of hydrogen-bond donors (Lipinski definition) is 1. The molecule has 2 aromatic heterocycles. The maximum absolute atomic E-state index is 12.6. The van der Waals surface area contributed by atoms with E-state index in [0.717, 1.165) is 29.1 Å². The molecular formula is C18H23N5O3. The molecule has 2 amide bonds. The number of aromatic amines is 1. The molecule has 2 aromatic rings. The van der Waals surface area contributed by atoms with Crippen LogP contribution in [0.15, 0.2) is 10.6 Å². The number of hydrogen-bond acceptors (Lipinski definition) is 5. The van der Waals surface area contributed by atoms with Gasteiger partial charge in [-0.1, -0.05) is 5.16 Å². The number of likely N-dealkylation sites (tertiary alicyclic amines) is 2. The number of carbonyl (C=O) groups is 2. The van der Waals surface area contributed by atoms with Gasteiger partial charge >= 0.3 is 0 Å². The first-order valence-electron chi connectivity index (χ1n) is 8.88. The van der Waals surface area contributed by atoms with Gasteiger partial charge in [-0.2, -0.15) is 5.10 Å². The number of rotatable bonds is 3. The van der Waals surface area contributed by atoms with E-state index < -0.39 is 0 Å². The molecule has 0 saturated carbocycles. The van der Waals surface area contributed by atoms with Gasteiger partial charge in [-0.15, -0.1) is 0 Å². The Hall–Kier alpha value is -2.64. The average Bonchev–Trinajstić information content (AvgIpc) is 3.34. The highest BCUT2D eigenvalue weighted by atomic mass is 16.5. The van der Waals surface area contributed by atoms with Crippen molar-refractivity contribution < 1.29 is 14.1 Å². The predicted molar refractivity (Wildman–Crippen MR) is 92.3 cm³/mol. The molecule has 1 atom stereocenters. The van der Waals surface area contributed by atoms with Gasteiger partial charge < -0.3 is 14.3 Å². The van der Waals surface area contributed by atoms with Crippen LogP contribution in [-0.2, 0) is 11.3 Å². The molecule has 2 fully saturated rings. The van der Waals surface area contributed by atoms with Crippen molar-refractivity contribution in [2.75, 3.05) is 19.6 Å². The maximum atomic E-state index is 12.6. The summed E-state index contributed by atoms with van der Waals surface area (Å²) in [7, 11) is 0. The second kappa shape index (κ2) is 5.96. The van der Waals surface area contributed by atoms with Crippen molar-refractivity contribution in [2.24, 2.45) is 5.41 Å². The smallest absolute Gasteiger partial charge is 0.274 e. The lowest BCUT2D eigenvalue weighted by atomic mass is 9.86. The lowest BCUT2D eigenvalue weighted by Gasteiger charge is -2.24. The van der Waals surface area contributed by atoms with Gasteiger partial charge in [0, 0.05) is 42.7 Å². The molecule has 0 aromatic carbocycles. The van der Waals surface area contributed by atoms with Crippen molar-refractivity contribution in [3.05, 3.63) is 34.5 Å². The normalized spacial score (nSPS) is 22.8. The fourth-order valence-corrected chi connectivity index (χ4v) is 4.12. The third-order valence-electron chi connectivity index (χ3n) is 5.59. The predicted octanol–water partition coefficient (Wildman–Crippen LogP) is 1.59. The molecule has 8 heteroatoms. The molecule has 1 N–H and O–H groups in total. The van der Waals surface area contributed by atoms with Crippen molar-refractivity contribution in [3.8, 4) is 0 Å². The minimum Gasteiger partial charge on any atom is -0.361 e. The second-order valence-electron chi connectivity index (χ2n) is 7.64. The molecule has 0 radical (unpaired) electrons. The second-order valence-corrected chi connectivity index (χ2v) is 7.64. The van der Waals surface area contributed by atoms with Crippen LogP contribution in [0.4, 0.5) is 0 Å². The van der Waals surface area contributed by atoms with Gasteiger partial charge in [0.1, 0.15) is 11.5 Å². The monoisotopic (exact) mass is 357 g/mol. The van der Waals surface area contributed by atoms with E-state index in [9.17, 15) is 9.59 Å². The highest BCUT2D eigenvalue weighted by molar-refractivity contribution is 5.92. The lowest BCUT2D eigenvalue weighted by molar-refractivity contribution is -0.128. The van der Waals surface area contributed by atoms with Crippen molar-refractivity contribution in [2.45, 2.75) is 40.2 Å². The molecule has 4 rings (SSSR count). The number of nitrogens with one attached hydrogen (secondary N) is 1. The Labute approximate surface area is 151 Å². The van der Waals surface area contributed by atoms with Crippen LogP contribution in [0.5, 0.6) is 0 Å². The summed E-state index contributed by atoms with van der Waals surface area (Å²) in [5.41, 5.74) is 2.96. The average molecular weight is 357 g/mol. The van der Waals surface area contributed by atoms with Gasteiger partial charge in [0.15, 0.2) is 0 Å². The van der Waals surface area contributed by atoms with E-state index >= 15 is 0 Å². The molecule has 26 heavy (non-hydrogen) atoms. The molecule has 0 bridgehead atoms. The van der Waals surface area contributed by atoms with Gasteiger partial charge in [-0.05, 0) is 33.3 Å². The number of carbonyl (C=O) groups excluding carboxylic acids is 2. The van der Waals surface area contributed by atoms with E-state index in [1.807, 2.05) is 30.6 Å². The largest absolute Gasteiger partial charge is 0.361 e. The van der Waals surface area contributed by atoms with Crippen LogP contribution >= 0.6 is 0 Å². The van der Waals surface area contributed by atoms with Gasteiger partial charge in [0.05, 0.1) is 12.2 Å². The first kappa shape index (κ1) is 16.8. The van der Waals surface area contributed by atoms with E-state index in [-0.39, 0.29) is 17.2 Å². The topological polar surface area (TPSA) is 95.3 Å². The Morgan fingerprint density at radius 2 is 2.15 bits per heavy atom. The SMILES string of the molecule is Cc1cc(C(=O)N2CCC3(CC(=O)N(Cc4c(C)noc4C)C3)C2)n[nH]1. The molecule has 2 saturated heterocycles. The summed E-state index contributed by atoms with van der Waals surface area (Å²) in [6.07, 6.45) is 1.33. The molecular weight excluding hydrogens is 334 g/mol. The summed E-state index contributed by atoms with van der Waals surface area (Å²) in [6, 6.07) is 1.76. The van der Waals surface area contributed by atoms with E-state index in [0.29, 0.717) is 38.3 Å². The Balaban J connectivity index is 1.46. The van der Waals surface area contributed by atoms with Crippen LogP contribution in [0.2, 0.25) is 0 Å².